The molecule has 2 rings (SSSR count). The van der Waals surface area contributed by atoms with Gasteiger partial charge in [0, 0.05) is 4.91 Å². The zero-order chi connectivity index (χ0) is 11.8. The Labute approximate surface area is 92.7 Å². The quantitative estimate of drug-likeness (QED) is 0.330. The molecule has 0 aliphatic carbocycles. The van der Waals surface area contributed by atoms with Crippen LogP contribution < -0.4 is 0 Å². The Morgan fingerprint density at radius 3 is 2.38 bits per heavy atom. The highest BCUT2D eigenvalue weighted by atomic mass is 16.6. The average Bonchev–Trinajstić information content (AvgIpc) is 2.85. The van der Waals surface area contributed by atoms with E-state index < -0.39 is 17.1 Å². The predicted molar refractivity (Wildman–Crippen MR) is 57.4 cm³/mol. The van der Waals surface area contributed by atoms with E-state index in [1.165, 1.54) is 0 Å². The van der Waals surface area contributed by atoms with Crippen LogP contribution in [0.15, 0.2) is 35.4 Å². The van der Waals surface area contributed by atoms with E-state index in [9.17, 15) is 4.79 Å². The first-order valence-corrected chi connectivity index (χ1v) is 4.90. The number of rotatable bonds is 2. The molecule has 1 unspecified atom stereocenters. The number of epoxide rings is 1. The van der Waals surface area contributed by atoms with E-state index in [1.54, 1.807) is 26.0 Å². The van der Waals surface area contributed by atoms with Gasteiger partial charge in [-0.3, -0.25) is 4.79 Å². The molecule has 0 spiro atoms. The van der Waals surface area contributed by atoms with Crippen molar-refractivity contribution >= 4 is 5.91 Å². The summed E-state index contributed by atoms with van der Waals surface area (Å²) in [6.45, 7) is 3.59. The van der Waals surface area contributed by atoms with Crippen molar-refractivity contribution in [2.45, 2.75) is 25.0 Å². The first-order chi connectivity index (χ1) is 7.54. The molecule has 1 amide bonds. The Hall–Kier alpha value is -1.84. The summed E-state index contributed by atoms with van der Waals surface area (Å²) in [6, 6.07) is 9.07. The molecule has 1 aromatic rings. The van der Waals surface area contributed by atoms with Crippen LogP contribution in [-0.2, 0) is 15.1 Å². The summed E-state index contributed by atoms with van der Waals surface area (Å²) in [4.78, 5) is 14.3. The van der Waals surface area contributed by atoms with Gasteiger partial charge in [-0.05, 0) is 30.1 Å². The van der Waals surface area contributed by atoms with Crippen molar-refractivity contribution in [2.75, 3.05) is 0 Å². The average molecular weight is 217 g/mol. The summed E-state index contributed by atoms with van der Waals surface area (Å²) in [6.07, 6.45) is 0. The van der Waals surface area contributed by atoms with E-state index in [0.29, 0.717) is 0 Å². The number of benzene rings is 1. The van der Waals surface area contributed by atoms with E-state index in [1.807, 2.05) is 18.2 Å². The fraction of sp³-hybridized carbons (Fsp3) is 0.364. The number of azide groups is 1. The maximum atomic E-state index is 11.8. The second-order valence-corrected chi connectivity index (χ2v) is 4.15. The third-order valence-electron chi connectivity index (χ3n) is 2.83. The van der Waals surface area contributed by atoms with Gasteiger partial charge in [-0.1, -0.05) is 30.3 Å². The van der Waals surface area contributed by atoms with Gasteiger partial charge in [-0.2, -0.15) is 0 Å². The molecular formula is C11H11N3O2. The Balaban J connectivity index is 2.48. The predicted octanol–water partition coefficient (Wildman–Crippen LogP) is 2.53. The van der Waals surface area contributed by atoms with Crippen molar-refractivity contribution in [3.8, 4) is 0 Å². The van der Waals surface area contributed by atoms with Crippen LogP contribution in [0.3, 0.4) is 0 Å². The van der Waals surface area contributed by atoms with Gasteiger partial charge in [0.25, 0.3) is 5.91 Å². The Morgan fingerprint density at radius 1 is 1.38 bits per heavy atom. The van der Waals surface area contributed by atoms with Crippen LogP contribution in [0.1, 0.15) is 19.4 Å². The minimum Gasteiger partial charge on any atom is -0.349 e. The molecule has 0 bridgehead atoms. The van der Waals surface area contributed by atoms with Gasteiger partial charge in [0.15, 0.2) is 5.60 Å². The van der Waals surface area contributed by atoms with Crippen LogP contribution in [0.4, 0.5) is 0 Å². The molecule has 1 aliphatic heterocycles. The van der Waals surface area contributed by atoms with E-state index in [2.05, 4.69) is 10.0 Å². The van der Waals surface area contributed by atoms with Crippen molar-refractivity contribution in [1.29, 1.82) is 0 Å². The second-order valence-electron chi connectivity index (χ2n) is 4.15. The van der Waals surface area contributed by atoms with Gasteiger partial charge in [0.2, 0.25) is 0 Å². The summed E-state index contributed by atoms with van der Waals surface area (Å²) in [7, 11) is 0. The van der Waals surface area contributed by atoms with E-state index >= 15 is 0 Å². The molecule has 1 aliphatic rings. The van der Waals surface area contributed by atoms with E-state index in [-0.39, 0.29) is 0 Å². The summed E-state index contributed by atoms with van der Waals surface area (Å²) < 4.78 is 5.48. The summed E-state index contributed by atoms with van der Waals surface area (Å²) in [5.74, 6) is -0.591. The van der Waals surface area contributed by atoms with Gasteiger partial charge in [0.05, 0.1) is 0 Å². The number of carbonyl (C=O) groups excluding carboxylic acids is 1. The highest BCUT2D eigenvalue weighted by Crippen LogP contribution is 2.56. The molecule has 1 aromatic carbocycles. The molecule has 0 aromatic heterocycles. The largest absolute Gasteiger partial charge is 0.349 e. The molecule has 0 saturated carbocycles. The number of nitrogens with zero attached hydrogens (tertiary/aromatic N) is 3. The monoisotopic (exact) mass is 217 g/mol. The molecular weight excluding hydrogens is 206 g/mol. The molecule has 1 saturated heterocycles. The highest BCUT2D eigenvalue weighted by molar-refractivity contribution is 5.91. The highest BCUT2D eigenvalue weighted by Gasteiger charge is 2.69. The number of amides is 1. The van der Waals surface area contributed by atoms with Gasteiger partial charge in [-0.15, -0.1) is 0 Å². The lowest BCUT2D eigenvalue weighted by Crippen LogP contribution is -2.27. The molecule has 16 heavy (non-hydrogen) atoms. The zero-order valence-corrected chi connectivity index (χ0v) is 9.04. The van der Waals surface area contributed by atoms with Crippen molar-refractivity contribution in [2.24, 2.45) is 5.11 Å². The lowest BCUT2D eigenvalue weighted by molar-refractivity contribution is -0.123. The Morgan fingerprint density at radius 2 is 1.94 bits per heavy atom. The fourth-order valence-corrected chi connectivity index (χ4v) is 1.97. The van der Waals surface area contributed by atoms with Crippen molar-refractivity contribution in [3.05, 3.63) is 46.3 Å². The van der Waals surface area contributed by atoms with Crippen LogP contribution in [-0.4, -0.2) is 11.5 Å². The lowest BCUT2D eigenvalue weighted by atomic mass is 9.88. The van der Waals surface area contributed by atoms with Crippen molar-refractivity contribution in [1.82, 2.24) is 0 Å². The number of hydrogen-bond acceptors (Lipinski definition) is 2. The molecule has 0 N–H and O–H groups in total. The van der Waals surface area contributed by atoms with Crippen molar-refractivity contribution in [3.63, 3.8) is 0 Å². The van der Waals surface area contributed by atoms with Gasteiger partial charge in [-0.25, -0.2) is 0 Å². The molecule has 1 heterocycles. The first-order valence-electron chi connectivity index (χ1n) is 4.90. The summed E-state index contributed by atoms with van der Waals surface area (Å²) in [5, 5.41) is 3.15. The normalized spacial score (nSPS) is 25.6. The van der Waals surface area contributed by atoms with Crippen LogP contribution >= 0.6 is 0 Å². The lowest BCUT2D eigenvalue weighted by Gasteiger charge is -2.10. The summed E-state index contributed by atoms with van der Waals surface area (Å²) >= 11 is 0. The molecule has 5 nitrogen and oxygen atoms in total. The molecule has 0 radical (unpaired) electrons. The topological polar surface area (TPSA) is 78.4 Å². The Kier molecular flexibility index (Phi) is 2.22. The van der Waals surface area contributed by atoms with E-state index in [0.717, 1.165) is 5.56 Å². The molecule has 1 fully saturated rings. The Bertz CT molecular complexity index is 477. The van der Waals surface area contributed by atoms with Gasteiger partial charge >= 0.3 is 0 Å². The minimum atomic E-state index is -1.11. The third kappa shape index (κ3) is 1.30. The van der Waals surface area contributed by atoms with Crippen LogP contribution in [0.2, 0.25) is 0 Å². The second kappa shape index (κ2) is 3.33. The minimum absolute atomic E-state index is 0.591. The molecule has 82 valence electrons. The SMILES string of the molecule is CC1(C)OC1(C(=O)N=[N+]=[N-])c1ccccc1. The van der Waals surface area contributed by atoms with Crippen molar-refractivity contribution < 1.29 is 9.53 Å². The maximum absolute atomic E-state index is 11.8. The van der Waals surface area contributed by atoms with E-state index in [4.69, 9.17) is 10.3 Å². The van der Waals surface area contributed by atoms with Crippen LogP contribution in [0, 0.1) is 0 Å². The number of carbonyl (C=O) groups is 1. The zero-order valence-electron chi connectivity index (χ0n) is 9.04. The summed E-state index contributed by atoms with van der Waals surface area (Å²) in [5.41, 5.74) is 7.31. The van der Waals surface area contributed by atoms with Gasteiger partial charge < -0.3 is 4.74 Å². The molecule has 1 atom stereocenters. The van der Waals surface area contributed by atoms with Crippen LogP contribution in [0.25, 0.3) is 10.4 Å². The smallest absolute Gasteiger partial charge is 0.258 e. The maximum Gasteiger partial charge on any atom is 0.258 e. The number of hydrogen-bond donors (Lipinski definition) is 0. The van der Waals surface area contributed by atoms with Crippen LogP contribution in [0.5, 0.6) is 0 Å². The third-order valence-corrected chi connectivity index (χ3v) is 2.83. The standard InChI is InChI=1S/C11H11N3O2/c1-10(2)11(16-10,9(15)13-14-12)8-6-4-3-5-7-8/h3-7H,1-2H3. The fourth-order valence-electron chi connectivity index (χ4n) is 1.97. The van der Waals surface area contributed by atoms with Gasteiger partial charge in [0.1, 0.15) is 5.60 Å². The first kappa shape index (κ1) is 10.7. The number of ether oxygens (including phenoxy) is 1. The molecule has 5 heteroatoms.